The van der Waals surface area contributed by atoms with Gasteiger partial charge in [-0.2, -0.15) is 0 Å². The van der Waals surface area contributed by atoms with E-state index in [4.69, 9.17) is 0 Å². The standard InChI is InChI=1S/C18H20N4O2/c23-16(6-5-12-3-4-12)22-9-7-14-15(11-22)20-17(21-18(14)24)13-2-1-8-19-10-13/h1-2,8,10,12H,3-7,9,11H2,(H,20,21,24). The molecule has 24 heavy (non-hydrogen) atoms. The van der Waals surface area contributed by atoms with Gasteiger partial charge in [0.2, 0.25) is 5.91 Å². The number of fused-ring (bicyclic) bond motifs is 1. The molecule has 2 aliphatic rings. The van der Waals surface area contributed by atoms with Crippen molar-refractivity contribution in [1.29, 1.82) is 0 Å². The molecule has 0 spiro atoms. The predicted octanol–water partition coefficient (Wildman–Crippen LogP) is 1.91. The van der Waals surface area contributed by atoms with Crippen LogP contribution in [-0.2, 0) is 17.8 Å². The van der Waals surface area contributed by atoms with E-state index in [0.717, 1.165) is 17.9 Å². The van der Waals surface area contributed by atoms with Crippen LogP contribution >= 0.6 is 0 Å². The Morgan fingerprint density at radius 3 is 3.00 bits per heavy atom. The molecule has 1 N–H and O–H groups in total. The van der Waals surface area contributed by atoms with Gasteiger partial charge in [0.15, 0.2) is 0 Å². The topological polar surface area (TPSA) is 79.0 Å². The van der Waals surface area contributed by atoms with Crippen molar-refractivity contribution in [2.75, 3.05) is 6.54 Å². The molecular formula is C18H20N4O2. The monoisotopic (exact) mass is 324 g/mol. The average molecular weight is 324 g/mol. The molecular weight excluding hydrogens is 304 g/mol. The van der Waals surface area contributed by atoms with Crippen LogP contribution in [0.4, 0.5) is 0 Å². The molecule has 3 heterocycles. The summed E-state index contributed by atoms with van der Waals surface area (Å²) in [6, 6.07) is 3.67. The van der Waals surface area contributed by atoms with Crippen LogP contribution in [0.15, 0.2) is 29.3 Å². The molecule has 2 aromatic rings. The van der Waals surface area contributed by atoms with Gasteiger partial charge < -0.3 is 9.88 Å². The van der Waals surface area contributed by atoms with E-state index in [2.05, 4.69) is 15.0 Å². The lowest BCUT2D eigenvalue weighted by molar-refractivity contribution is -0.132. The van der Waals surface area contributed by atoms with E-state index in [1.165, 1.54) is 12.8 Å². The van der Waals surface area contributed by atoms with Crippen molar-refractivity contribution in [1.82, 2.24) is 19.9 Å². The Morgan fingerprint density at radius 2 is 2.25 bits per heavy atom. The van der Waals surface area contributed by atoms with Gasteiger partial charge in [0.1, 0.15) is 5.82 Å². The van der Waals surface area contributed by atoms with Crippen LogP contribution in [0.25, 0.3) is 11.4 Å². The first-order valence-corrected chi connectivity index (χ1v) is 8.51. The van der Waals surface area contributed by atoms with Gasteiger partial charge in [-0.3, -0.25) is 14.6 Å². The summed E-state index contributed by atoms with van der Waals surface area (Å²) < 4.78 is 0. The smallest absolute Gasteiger partial charge is 0.254 e. The number of aromatic amines is 1. The molecule has 1 saturated carbocycles. The highest BCUT2D eigenvalue weighted by Gasteiger charge is 2.27. The van der Waals surface area contributed by atoms with Gasteiger partial charge >= 0.3 is 0 Å². The second kappa shape index (κ2) is 6.19. The van der Waals surface area contributed by atoms with E-state index in [1.54, 1.807) is 12.4 Å². The summed E-state index contributed by atoms with van der Waals surface area (Å²) in [5.74, 6) is 1.45. The first-order chi connectivity index (χ1) is 11.7. The Bertz CT molecular complexity index is 812. The molecule has 0 aromatic carbocycles. The largest absolute Gasteiger partial charge is 0.336 e. The van der Waals surface area contributed by atoms with Crippen LogP contribution < -0.4 is 5.56 Å². The van der Waals surface area contributed by atoms with E-state index >= 15 is 0 Å². The van der Waals surface area contributed by atoms with Gasteiger partial charge in [-0.1, -0.05) is 12.8 Å². The highest BCUT2D eigenvalue weighted by atomic mass is 16.2. The van der Waals surface area contributed by atoms with Crippen LogP contribution in [0.5, 0.6) is 0 Å². The summed E-state index contributed by atoms with van der Waals surface area (Å²) in [7, 11) is 0. The number of carbonyl (C=O) groups is 1. The molecule has 0 bridgehead atoms. The lowest BCUT2D eigenvalue weighted by Gasteiger charge is -2.28. The predicted molar refractivity (Wildman–Crippen MR) is 89.2 cm³/mol. The quantitative estimate of drug-likeness (QED) is 0.932. The zero-order valence-electron chi connectivity index (χ0n) is 13.5. The Kier molecular flexibility index (Phi) is 3.88. The highest BCUT2D eigenvalue weighted by molar-refractivity contribution is 5.76. The number of rotatable bonds is 4. The van der Waals surface area contributed by atoms with Crippen LogP contribution in [0.1, 0.15) is 36.9 Å². The minimum Gasteiger partial charge on any atom is -0.336 e. The zero-order valence-corrected chi connectivity index (χ0v) is 13.5. The van der Waals surface area contributed by atoms with E-state index in [0.29, 0.717) is 43.0 Å². The van der Waals surface area contributed by atoms with Crippen molar-refractivity contribution >= 4 is 5.91 Å². The Balaban J connectivity index is 1.56. The molecule has 0 unspecified atom stereocenters. The van der Waals surface area contributed by atoms with Crippen molar-refractivity contribution in [2.45, 2.75) is 38.6 Å². The van der Waals surface area contributed by atoms with Crippen molar-refractivity contribution < 1.29 is 4.79 Å². The number of H-pyrrole nitrogens is 1. The molecule has 0 radical (unpaired) electrons. The summed E-state index contributed by atoms with van der Waals surface area (Å²) >= 11 is 0. The number of hydrogen-bond donors (Lipinski definition) is 1. The third-order valence-electron chi connectivity index (χ3n) is 4.82. The number of nitrogens with one attached hydrogen (secondary N) is 1. The van der Waals surface area contributed by atoms with E-state index in [-0.39, 0.29) is 11.5 Å². The van der Waals surface area contributed by atoms with Crippen molar-refractivity contribution in [3.8, 4) is 11.4 Å². The van der Waals surface area contributed by atoms with Crippen molar-refractivity contribution in [3.63, 3.8) is 0 Å². The van der Waals surface area contributed by atoms with Crippen molar-refractivity contribution in [3.05, 3.63) is 46.1 Å². The van der Waals surface area contributed by atoms with Crippen LogP contribution in [0.2, 0.25) is 0 Å². The molecule has 1 aliphatic heterocycles. The molecule has 2 aromatic heterocycles. The molecule has 4 rings (SSSR count). The summed E-state index contributed by atoms with van der Waals surface area (Å²) in [6.07, 6.45) is 8.06. The molecule has 0 atom stereocenters. The minimum absolute atomic E-state index is 0.107. The maximum atomic E-state index is 12.4. The highest BCUT2D eigenvalue weighted by Crippen LogP contribution is 2.33. The van der Waals surface area contributed by atoms with Crippen LogP contribution in [0.3, 0.4) is 0 Å². The van der Waals surface area contributed by atoms with E-state index < -0.39 is 0 Å². The summed E-state index contributed by atoms with van der Waals surface area (Å²) in [4.78, 5) is 38.1. The summed E-state index contributed by atoms with van der Waals surface area (Å²) in [6.45, 7) is 1.03. The maximum Gasteiger partial charge on any atom is 0.254 e. The molecule has 6 heteroatoms. The Labute approximate surface area is 140 Å². The molecule has 1 amide bonds. The zero-order chi connectivity index (χ0) is 16.5. The number of carbonyl (C=O) groups excluding carboxylic acids is 1. The third kappa shape index (κ3) is 3.09. The van der Waals surface area contributed by atoms with E-state index in [9.17, 15) is 9.59 Å². The summed E-state index contributed by atoms with van der Waals surface area (Å²) in [5, 5.41) is 0. The Morgan fingerprint density at radius 1 is 1.38 bits per heavy atom. The SMILES string of the molecule is O=C(CCC1CC1)N1CCc2c(nc(-c3cccnc3)[nH]c2=O)C1. The average Bonchev–Trinajstić information content (AvgIpc) is 3.44. The molecule has 0 saturated heterocycles. The van der Waals surface area contributed by atoms with Gasteiger partial charge in [0.05, 0.1) is 12.2 Å². The number of pyridine rings is 1. The third-order valence-corrected chi connectivity index (χ3v) is 4.82. The second-order valence-electron chi connectivity index (χ2n) is 6.63. The fraction of sp³-hybridized carbons (Fsp3) is 0.444. The van der Waals surface area contributed by atoms with E-state index in [1.807, 2.05) is 17.0 Å². The first-order valence-electron chi connectivity index (χ1n) is 8.51. The minimum atomic E-state index is -0.107. The molecule has 1 fully saturated rings. The second-order valence-corrected chi connectivity index (χ2v) is 6.63. The lowest BCUT2D eigenvalue weighted by atomic mass is 10.1. The normalized spacial score (nSPS) is 16.8. The van der Waals surface area contributed by atoms with Gasteiger partial charge in [-0.25, -0.2) is 4.98 Å². The van der Waals surface area contributed by atoms with Crippen molar-refractivity contribution in [2.24, 2.45) is 5.92 Å². The summed E-state index contributed by atoms with van der Waals surface area (Å²) in [5.41, 5.74) is 2.08. The number of amides is 1. The fourth-order valence-corrected chi connectivity index (χ4v) is 3.18. The fourth-order valence-electron chi connectivity index (χ4n) is 3.18. The van der Waals surface area contributed by atoms with Crippen LogP contribution in [-0.4, -0.2) is 32.3 Å². The Hall–Kier alpha value is -2.50. The molecule has 124 valence electrons. The van der Waals surface area contributed by atoms with Crippen LogP contribution in [0, 0.1) is 5.92 Å². The maximum absolute atomic E-state index is 12.4. The van der Waals surface area contributed by atoms with Gasteiger partial charge in [-0.15, -0.1) is 0 Å². The van der Waals surface area contributed by atoms with Gasteiger partial charge in [-0.05, 0) is 30.9 Å². The number of hydrogen-bond acceptors (Lipinski definition) is 4. The number of nitrogens with zero attached hydrogens (tertiary/aromatic N) is 3. The molecule has 6 nitrogen and oxygen atoms in total. The van der Waals surface area contributed by atoms with Gasteiger partial charge in [0.25, 0.3) is 5.56 Å². The molecule has 1 aliphatic carbocycles. The first kappa shape index (κ1) is 15.1. The van der Waals surface area contributed by atoms with Gasteiger partial charge in [0, 0.05) is 36.5 Å². The number of aromatic nitrogens is 3. The lowest BCUT2D eigenvalue weighted by Crippen LogP contribution is -2.39.